The molecule has 3 aromatic rings. The van der Waals surface area contributed by atoms with Crippen LogP contribution in [0.3, 0.4) is 0 Å². The van der Waals surface area contributed by atoms with Gasteiger partial charge in [-0.05, 0) is 29.8 Å². The summed E-state index contributed by atoms with van der Waals surface area (Å²) in [5, 5.41) is 4.98. The molecule has 3 rings (SSSR count). The molecule has 0 bridgehead atoms. The maximum atomic E-state index is 6.20. The van der Waals surface area contributed by atoms with Crippen LogP contribution in [0.15, 0.2) is 39.5 Å². The lowest BCUT2D eigenvalue weighted by Gasteiger charge is -2.06. The van der Waals surface area contributed by atoms with Crippen molar-refractivity contribution in [3.63, 3.8) is 0 Å². The van der Waals surface area contributed by atoms with Crippen LogP contribution in [0.4, 0.5) is 5.88 Å². The summed E-state index contributed by atoms with van der Waals surface area (Å²) in [6, 6.07) is 6.81. The van der Waals surface area contributed by atoms with Gasteiger partial charge in [-0.25, -0.2) is 0 Å². The van der Waals surface area contributed by atoms with E-state index in [1.54, 1.807) is 24.3 Å². The highest BCUT2D eigenvalue weighted by Crippen LogP contribution is 2.44. The lowest BCUT2D eigenvalue weighted by Crippen LogP contribution is -1.89. The molecule has 7 heteroatoms. The van der Waals surface area contributed by atoms with Crippen LogP contribution < -0.4 is 5.73 Å². The largest absolute Gasteiger partial charge is 0.452 e. The summed E-state index contributed by atoms with van der Waals surface area (Å²) >= 11 is 18.4. The molecule has 0 saturated carbocycles. The SMILES string of the molecule is Nc1onc(-c2ccoc2Cl)c1-c1c(Cl)cccc1Cl. The lowest BCUT2D eigenvalue weighted by atomic mass is 10.0. The van der Waals surface area contributed by atoms with Crippen molar-refractivity contribution in [2.45, 2.75) is 0 Å². The van der Waals surface area contributed by atoms with Crippen molar-refractivity contribution in [3.8, 4) is 22.4 Å². The normalized spacial score (nSPS) is 10.9. The highest BCUT2D eigenvalue weighted by Gasteiger charge is 2.24. The molecule has 0 atom stereocenters. The average molecular weight is 330 g/mol. The first-order valence-electron chi connectivity index (χ1n) is 5.52. The van der Waals surface area contributed by atoms with Gasteiger partial charge in [0.05, 0.1) is 27.4 Å². The van der Waals surface area contributed by atoms with Gasteiger partial charge in [-0.2, -0.15) is 0 Å². The van der Waals surface area contributed by atoms with Crippen molar-refractivity contribution in [1.82, 2.24) is 5.16 Å². The van der Waals surface area contributed by atoms with Crippen LogP contribution in [-0.2, 0) is 0 Å². The molecule has 0 aliphatic rings. The van der Waals surface area contributed by atoms with Crippen LogP contribution in [0.1, 0.15) is 0 Å². The first-order valence-corrected chi connectivity index (χ1v) is 6.66. The molecule has 102 valence electrons. The molecule has 0 saturated heterocycles. The van der Waals surface area contributed by atoms with E-state index in [0.29, 0.717) is 32.4 Å². The van der Waals surface area contributed by atoms with Gasteiger partial charge in [0.25, 0.3) is 0 Å². The van der Waals surface area contributed by atoms with Crippen molar-refractivity contribution >= 4 is 40.7 Å². The Labute approximate surface area is 129 Å². The highest BCUT2D eigenvalue weighted by molar-refractivity contribution is 6.39. The Bertz CT molecular complexity index is 760. The van der Waals surface area contributed by atoms with Crippen LogP contribution >= 0.6 is 34.8 Å². The monoisotopic (exact) mass is 328 g/mol. The second kappa shape index (κ2) is 5.05. The number of nitrogens with zero attached hydrogens (tertiary/aromatic N) is 1. The Morgan fingerprint density at radius 1 is 1.00 bits per heavy atom. The summed E-state index contributed by atoms with van der Waals surface area (Å²) in [6.45, 7) is 0. The predicted octanol–water partition coefficient (Wildman–Crippen LogP) is 5.14. The van der Waals surface area contributed by atoms with Crippen LogP contribution in [0.5, 0.6) is 0 Å². The molecule has 1 aromatic carbocycles. The van der Waals surface area contributed by atoms with E-state index in [9.17, 15) is 0 Å². The molecular formula is C13H7Cl3N2O2. The molecule has 2 N–H and O–H groups in total. The molecule has 2 aromatic heterocycles. The van der Waals surface area contributed by atoms with Gasteiger partial charge >= 0.3 is 0 Å². The van der Waals surface area contributed by atoms with Crippen molar-refractivity contribution in [2.24, 2.45) is 0 Å². The smallest absolute Gasteiger partial charge is 0.230 e. The van der Waals surface area contributed by atoms with E-state index >= 15 is 0 Å². The van der Waals surface area contributed by atoms with Gasteiger partial charge in [0.2, 0.25) is 11.1 Å². The van der Waals surface area contributed by atoms with Crippen LogP contribution in [0.25, 0.3) is 22.4 Å². The van der Waals surface area contributed by atoms with Crippen LogP contribution in [0, 0.1) is 0 Å². The number of furan rings is 1. The molecule has 0 fully saturated rings. The second-order valence-electron chi connectivity index (χ2n) is 3.98. The number of nitrogens with two attached hydrogens (primary N) is 1. The van der Waals surface area contributed by atoms with E-state index in [1.165, 1.54) is 6.26 Å². The number of nitrogen functional groups attached to an aromatic ring is 1. The Hall–Kier alpha value is -1.62. The van der Waals surface area contributed by atoms with E-state index in [2.05, 4.69) is 5.16 Å². The van der Waals surface area contributed by atoms with E-state index in [0.717, 1.165) is 0 Å². The van der Waals surface area contributed by atoms with E-state index < -0.39 is 0 Å². The third-order valence-electron chi connectivity index (χ3n) is 2.80. The first-order chi connectivity index (χ1) is 9.59. The number of anilines is 1. The van der Waals surface area contributed by atoms with Crippen molar-refractivity contribution in [1.29, 1.82) is 0 Å². The first kappa shape index (κ1) is 13.4. The Morgan fingerprint density at radius 3 is 2.30 bits per heavy atom. The fourth-order valence-electron chi connectivity index (χ4n) is 1.93. The van der Waals surface area contributed by atoms with Gasteiger partial charge in [0.1, 0.15) is 5.69 Å². The minimum atomic E-state index is 0.104. The standard InChI is InChI=1S/C13H7Cl3N2O2/c14-7-2-1-3-8(15)9(7)10-11(18-20-13(10)17)6-4-5-19-12(6)16/h1-5H,17H2. The van der Waals surface area contributed by atoms with Gasteiger partial charge < -0.3 is 14.7 Å². The molecule has 0 spiro atoms. The third kappa shape index (κ3) is 2.06. The summed E-state index contributed by atoms with van der Waals surface area (Å²) in [5.41, 5.74) is 7.86. The molecule has 20 heavy (non-hydrogen) atoms. The summed E-state index contributed by atoms with van der Waals surface area (Å²) in [7, 11) is 0. The molecule has 0 amide bonds. The number of halogens is 3. The number of rotatable bonds is 2. The molecule has 0 aliphatic carbocycles. The van der Waals surface area contributed by atoms with E-state index in [4.69, 9.17) is 49.5 Å². The molecular weight excluding hydrogens is 323 g/mol. The van der Waals surface area contributed by atoms with Crippen LogP contribution in [-0.4, -0.2) is 5.16 Å². The van der Waals surface area contributed by atoms with Gasteiger partial charge in [0, 0.05) is 5.56 Å². The Balaban J connectivity index is 2.31. The van der Waals surface area contributed by atoms with Gasteiger partial charge in [-0.15, -0.1) is 0 Å². The highest BCUT2D eigenvalue weighted by atomic mass is 35.5. The summed E-state index contributed by atoms with van der Waals surface area (Å²) in [6.07, 6.45) is 1.44. The molecule has 0 radical (unpaired) electrons. The molecule has 4 nitrogen and oxygen atoms in total. The maximum absolute atomic E-state index is 6.20. The minimum Gasteiger partial charge on any atom is -0.452 e. The predicted molar refractivity (Wildman–Crippen MR) is 79.1 cm³/mol. The summed E-state index contributed by atoms with van der Waals surface area (Å²) < 4.78 is 10.1. The topological polar surface area (TPSA) is 65.2 Å². The number of hydrogen-bond acceptors (Lipinski definition) is 4. The zero-order valence-electron chi connectivity index (χ0n) is 9.86. The zero-order valence-corrected chi connectivity index (χ0v) is 12.1. The Kier molecular flexibility index (Phi) is 3.38. The fraction of sp³-hybridized carbons (Fsp3) is 0. The number of hydrogen-bond donors (Lipinski definition) is 1. The minimum absolute atomic E-state index is 0.104. The maximum Gasteiger partial charge on any atom is 0.230 e. The van der Waals surface area contributed by atoms with Crippen molar-refractivity contribution in [2.75, 3.05) is 5.73 Å². The van der Waals surface area contributed by atoms with Crippen molar-refractivity contribution in [3.05, 3.63) is 45.8 Å². The van der Waals surface area contributed by atoms with Gasteiger partial charge in [-0.1, -0.05) is 34.4 Å². The summed E-state index contributed by atoms with van der Waals surface area (Å²) in [4.78, 5) is 0. The number of benzene rings is 1. The molecule has 0 unspecified atom stereocenters. The van der Waals surface area contributed by atoms with Crippen molar-refractivity contribution < 1.29 is 8.94 Å². The quantitative estimate of drug-likeness (QED) is 0.706. The fourth-order valence-corrected chi connectivity index (χ4v) is 2.72. The van der Waals surface area contributed by atoms with E-state index in [-0.39, 0.29) is 11.1 Å². The lowest BCUT2D eigenvalue weighted by molar-refractivity contribution is 0.439. The van der Waals surface area contributed by atoms with E-state index in [1.807, 2.05) is 0 Å². The van der Waals surface area contributed by atoms with Gasteiger partial charge in [0.15, 0.2) is 0 Å². The van der Waals surface area contributed by atoms with Gasteiger partial charge in [-0.3, -0.25) is 0 Å². The average Bonchev–Trinajstić information content (AvgIpc) is 2.97. The van der Waals surface area contributed by atoms with Crippen LogP contribution in [0.2, 0.25) is 15.3 Å². The Morgan fingerprint density at radius 2 is 1.70 bits per heavy atom. The number of aromatic nitrogens is 1. The molecule has 0 aliphatic heterocycles. The summed E-state index contributed by atoms with van der Waals surface area (Å²) in [5.74, 6) is 0.104. The second-order valence-corrected chi connectivity index (χ2v) is 5.13. The zero-order chi connectivity index (χ0) is 14.3. The third-order valence-corrected chi connectivity index (χ3v) is 3.73. The molecule has 2 heterocycles.